The molecule has 0 aromatic heterocycles. The average Bonchev–Trinajstić information content (AvgIpc) is 2.42. The van der Waals surface area contributed by atoms with Crippen LogP contribution in [0, 0.1) is 5.92 Å². The van der Waals surface area contributed by atoms with E-state index < -0.39 is 0 Å². The maximum Gasteiger partial charge on any atom is 0.126 e. The lowest BCUT2D eigenvalue weighted by Gasteiger charge is -2.31. The second-order valence-corrected chi connectivity index (χ2v) is 6.29. The minimum absolute atomic E-state index is 0.0213. The molecule has 2 rings (SSSR count). The first-order valence-corrected chi connectivity index (χ1v) is 7.82. The molecule has 114 valence electrons. The minimum Gasteiger partial charge on any atom is -0.508 e. The van der Waals surface area contributed by atoms with Crippen molar-refractivity contribution in [1.82, 2.24) is 0 Å². The summed E-state index contributed by atoms with van der Waals surface area (Å²) in [5.74, 6) is 0.754. The first-order chi connectivity index (χ1) is 9.95. The molecular weight excluding hydrogens is 260 g/mol. The molecule has 2 nitrogen and oxygen atoms in total. The first kappa shape index (κ1) is 15.7. The van der Waals surface area contributed by atoms with E-state index in [9.17, 15) is 10.2 Å². The number of aromatic hydroxyl groups is 2. The summed E-state index contributed by atoms with van der Waals surface area (Å²) in [5, 5.41) is 20.9. The standard InChI is InChI=1S/C19H26O2/c1-5-6-14-8-10-17(20)18(19(14)21)16-11-13(4)7-9-15(16)12(2)3/h8,10-11,15-16,20-21H,2,5-7,9H2,1,3-4H3/t15-,16+/m0/s1. The van der Waals surface area contributed by atoms with Gasteiger partial charge in [0.05, 0.1) is 0 Å². The highest BCUT2D eigenvalue weighted by atomic mass is 16.3. The molecule has 1 aromatic rings. The summed E-state index contributed by atoms with van der Waals surface area (Å²) in [5.41, 5.74) is 4.02. The zero-order valence-electron chi connectivity index (χ0n) is 13.3. The predicted molar refractivity (Wildman–Crippen MR) is 87.8 cm³/mol. The Labute approximate surface area is 127 Å². The molecule has 0 unspecified atom stereocenters. The highest BCUT2D eigenvalue weighted by molar-refractivity contribution is 5.53. The molecule has 0 aliphatic heterocycles. The maximum atomic E-state index is 10.6. The Morgan fingerprint density at radius 1 is 1.33 bits per heavy atom. The Morgan fingerprint density at radius 2 is 2.05 bits per heavy atom. The second kappa shape index (κ2) is 6.38. The molecule has 1 aliphatic rings. The van der Waals surface area contributed by atoms with Crippen molar-refractivity contribution in [3.8, 4) is 11.5 Å². The van der Waals surface area contributed by atoms with Crippen molar-refractivity contribution in [1.29, 1.82) is 0 Å². The van der Waals surface area contributed by atoms with E-state index in [2.05, 4.69) is 26.5 Å². The maximum absolute atomic E-state index is 10.6. The van der Waals surface area contributed by atoms with Crippen LogP contribution >= 0.6 is 0 Å². The van der Waals surface area contributed by atoms with Gasteiger partial charge in [-0.05, 0) is 50.7 Å². The average molecular weight is 286 g/mol. The monoisotopic (exact) mass is 286 g/mol. The molecule has 2 N–H and O–H groups in total. The van der Waals surface area contributed by atoms with E-state index in [0.717, 1.165) is 36.8 Å². The Kier molecular flexibility index (Phi) is 4.76. The quantitative estimate of drug-likeness (QED) is 0.759. The van der Waals surface area contributed by atoms with Gasteiger partial charge in [0, 0.05) is 11.5 Å². The van der Waals surface area contributed by atoms with Gasteiger partial charge in [0.25, 0.3) is 0 Å². The van der Waals surface area contributed by atoms with Gasteiger partial charge in [-0.2, -0.15) is 0 Å². The lowest BCUT2D eigenvalue weighted by Crippen LogP contribution is -2.17. The van der Waals surface area contributed by atoms with Gasteiger partial charge in [-0.15, -0.1) is 0 Å². The summed E-state index contributed by atoms with van der Waals surface area (Å²) >= 11 is 0. The van der Waals surface area contributed by atoms with Gasteiger partial charge in [0.1, 0.15) is 11.5 Å². The molecule has 0 saturated carbocycles. The number of hydrogen-bond donors (Lipinski definition) is 2. The van der Waals surface area contributed by atoms with E-state index in [4.69, 9.17) is 0 Å². The van der Waals surface area contributed by atoms with Crippen molar-refractivity contribution in [3.63, 3.8) is 0 Å². The molecule has 0 bridgehead atoms. The molecule has 2 atom stereocenters. The fourth-order valence-electron chi connectivity index (χ4n) is 3.35. The van der Waals surface area contributed by atoms with Gasteiger partial charge >= 0.3 is 0 Å². The number of allylic oxidation sites excluding steroid dienone is 3. The normalized spacial score (nSPS) is 22.0. The van der Waals surface area contributed by atoms with Crippen LogP contribution in [0.5, 0.6) is 11.5 Å². The van der Waals surface area contributed by atoms with Crippen molar-refractivity contribution in [3.05, 3.63) is 47.1 Å². The van der Waals surface area contributed by atoms with E-state index in [-0.39, 0.29) is 23.3 Å². The SMILES string of the molecule is C=C(C)[C@@H]1CCC(C)=C[C@H]1c1c(O)ccc(CCC)c1O. The first-order valence-electron chi connectivity index (χ1n) is 7.82. The molecule has 1 aromatic carbocycles. The van der Waals surface area contributed by atoms with Crippen molar-refractivity contribution >= 4 is 0 Å². The lowest BCUT2D eigenvalue weighted by atomic mass is 9.73. The highest BCUT2D eigenvalue weighted by Gasteiger charge is 2.30. The molecule has 21 heavy (non-hydrogen) atoms. The molecule has 0 amide bonds. The molecule has 1 aliphatic carbocycles. The molecule has 0 fully saturated rings. The second-order valence-electron chi connectivity index (χ2n) is 6.29. The minimum atomic E-state index is 0.0213. The number of rotatable bonds is 4. The number of aryl methyl sites for hydroxylation is 1. The van der Waals surface area contributed by atoms with Crippen LogP contribution in [-0.4, -0.2) is 10.2 Å². The van der Waals surface area contributed by atoms with E-state index >= 15 is 0 Å². The summed E-state index contributed by atoms with van der Waals surface area (Å²) in [7, 11) is 0. The molecule has 2 heteroatoms. The summed E-state index contributed by atoms with van der Waals surface area (Å²) in [6.07, 6.45) is 6.07. The third kappa shape index (κ3) is 3.15. The van der Waals surface area contributed by atoms with Gasteiger partial charge in [-0.3, -0.25) is 0 Å². The van der Waals surface area contributed by atoms with Gasteiger partial charge in [0.15, 0.2) is 0 Å². The summed E-state index contributed by atoms with van der Waals surface area (Å²) < 4.78 is 0. The number of phenolic OH excluding ortho intramolecular Hbond substituents is 2. The Morgan fingerprint density at radius 3 is 2.67 bits per heavy atom. The van der Waals surface area contributed by atoms with Gasteiger partial charge in [0.2, 0.25) is 0 Å². The number of phenols is 2. The Bertz CT molecular complexity index is 569. The van der Waals surface area contributed by atoms with Crippen LogP contribution in [-0.2, 0) is 6.42 Å². The van der Waals surface area contributed by atoms with E-state index in [0.29, 0.717) is 5.56 Å². The fourth-order valence-corrected chi connectivity index (χ4v) is 3.35. The van der Waals surface area contributed by atoms with Crippen LogP contribution in [0.2, 0.25) is 0 Å². The summed E-state index contributed by atoms with van der Waals surface area (Å²) in [4.78, 5) is 0. The van der Waals surface area contributed by atoms with Crippen LogP contribution in [0.3, 0.4) is 0 Å². The number of hydrogen-bond acceptors (Lipinski definition) is 2. The molecule has 0 radical (unpaired) electrons. The Balaban J connectivity index is 2.54. The predicted octanol–water partition coefficient (Wildman–Crippen LogP) is 5.07. The van der Waals surface area contributed by atoms with Crippen LogP contribution in [0.15, 0.2) is 35.9 Å². The van der Waals surface area contributed by atoms with E-state index in [1.807, 2.05) is 13.0 Å². The van der Waals surface area contributed by atoms with E-state index in [1.54, 1.807) is 6.07 Å². The van der Waals surface area contributed by atoms with Crippen LogP contribution in [0.4, 0.5) is 0 Å². The van der Waals surface area contributed by atoms with Crippen molar-refractivity contribution < 1.29 is 10.2 Å². The van der Waals surface area contributed by atoms with Gasteiger partial charge in [-0.1, -0.05) is 43.2 Å². The molecule has 0 heterocycles. The summed E-state index contributed by atoms with van der Waals surface area (Å²) in [6, 6.07) is 3.54. The topological polar surface area (TPSA) is 40.5 Å². The van der Waals surface area contributed by atoms with Gasteiger partial charge < -0.3 is 10.2 Å². The third-order valence-corrected chi connectivity index (χ3v) is 4.51. The fraction of sp³-hybridized carbons (Fsp3) is 0.474. The Hall–Kier alpha value is -1.70. The molecule has 0 spiro atoms. The van der Waals surface area contributed by atoms with Crippen molar-refractivity contribution in [2.45, 2.75) is 52.4 Å². The van der Waals surface area contributed by atoms with Crippen molar-refractivity contribution in [2.24, 2.45) is 5.92 Å². The van der Waals surface area contributed by atoms with Crippen LogP contribution in [0.1, 0.15) is 57.1 Å². The largest absolute Gasteiger partial charge is 0.508 e. The number of benzene rings is 1. The third-order valence-electron chi connectivity index (χ3n) is 4.51. The van der Waals surface area contributed by atoms with Crippen molar-refractivity contribution in [2.75, 3.05) is 0 Å². The van der Waals surface area contributed by atoms with Crippen LogP contribution < -0.4 is 0 Å². The molecule has 0 saturated heterocycles. The van der Waals surface area contributed by atoms with Crippen LogP contribution in [0.25, 0.3) is 0 Å². The van der Waals surface area contributed by atoms with E-state index in [1.165, 1.54) is 5.57 Å². The zero-order valence-corrected chi connectivity index (χ0v) is 13.3. The smallest absolute Gasteiger partial charge is 0.126 e. The highest BCUT2D eigenvalue weighted by Crippen LogP contribution is 2.47. The van der Waals surface area contributed by atoms with Gasteiger partial charge in [-0.25, -0.2) is 0 Å². The lowest BCUT2D eigenvalue weighted by molar-refractivity contribution is 0.403. The zero-order chi connectivity index (χ0) is 15.6. The summed E-state index contributed by atoms with van der Waals surface area (Å²) in [6.45, 7) is 10.4. The molecular formula is C19H26O2.